The molecule has 2 heterocycles. The van der Waals surface area contributed by atoms with Gasteiger partial charge in [0.25, 0.3) is 0 Å². The molecule has 18 heavy (non-hydrogen) atoms. The molecule has 86 valence electrons. The fraction of sp³-hybridized carbons (Fsp3) is 0. The van der Waals surface area contributed by atoms with Gasteiger partial charge < -0.3 is 4.42 Å². The van der Waals surface area contributed by atoms with Crippen molar-refractivity contribution in [3.63, 3.8) is 0 Å². The van der Waals surface area contributed by atoms with E-state index in [-0.39, 0.29) is 0 Å². The number of aromatic nitrogens is 1. The molecule has 0 saturated heterocycles. The molecule has 0 atom stereocenters. The van der Waals surface area contributed by atoms with Crippen LogP contribution in [0.3, 0.4) is 0 Å². The highest BCUT2D eigenvalue weighted by Gasteiger charge is 2.10. The van der Waals surface area contributed by atoms with Gasteiger partial charge in [-0.05, 0) is 41.1 Å². The molecule has 0 amide bonds. The molecule has 3 heteroatoms. The summed E-state index contributed by atoms with van der Waals surface area (Å²) in [5.74, 6) is 0. The minimum atomic E-state index is 0.667. The number of fused-ring (bicyclic) bond motifs is 5. The largest absolute Gasteiger partial charge is 0.438 e. The number of nitrogens with zero attached hydrogens (tertiary/aromatic N) is 1. The Morgan fingerprint density at radius 1 is 1.00 bits per heavy atom. The third-order valence-electron chi connectivity index (χ3n) is 3.19. The van der Waals surface area contributed by atoms with Crippen LogP contribution in [0.2, 0.25) is 5.02 Å². The van der Waals surface area contributed by atoms with Crippen LogP contribution in [-0.2, 0) is 0 Å². The van der Waals surface area contributed by atoms with Crippen LogP contribution < -0.4 is 0 Å². The van der Waals surface area contributed by atoms with Crippen LogP contribution in [0.15, 0.2) is 53.1 Å². The first-order chi connectivity index (χ1) is 8.83. The van der Waals surface area contributed by atoms with Gasteiger partial charge in [0.1, 0.15) is 5.58 Å². The van der Waals surface area contributed by atoms with Crippen molar-refractivity contribution in [2.75, 3.05) is 0 Å². The Morgan fingerprint density at radius 2 is 1.89 bits per heavy atom. The Kier molecular flexibility index (Phi) is 1.91. The van der Waals surface area contributed by atoms with E-state index in [9.17, 15) is 0 Å². The summed E-state index contributed by atoms with van der Waals surface area (Å²) in [6.07, 6.45) is 1.74. The van der Waals surface area contributed by atoms with Crippen molar-refractivity contribution in [1.29, 1.82) is 0 Å². The SMILES string of the molecule is Clc1ccc2ccc3oc4ncccc4c3c2c1. The van der Waals surface area contributed by atoms with Crippen LogP contribution in [-0.4, -0.2) is 4.98 Å². The lowest BCUT2D eigenvalue weighted by atomic mass is 10.0. The van der Waals surface area contributed by atoms with Crippen molar-refractivity contribution >= 4 is 44.4 Å². The molecule has 0 N–H and O–H groups in total. The third-order valence-corrected chi connectivity index (χ3v) is 3.43. The molecule has 4 rings (SSSR count). The van der Waals surface area contributed by atoms with E-state index in [1.165, 1.54) is 0 Å². The average Bonchev–Trinajstić information content (AvgIpc) is 2.77. The summed E-state index contributed by atoms with van der Waals surface area (Å²) in [6.45, 7) is 0. The Morgan fingerprint density at radius 3 is 2.83 bits per heavy atom. The molecular formula is C15H8ClNO. The van der Waals surface area contributed by atoms with E-state index in [1.807, 2.05) is 42.5 Å². The Bertz CT molecular complexity index is 895. The standard InChI is InChI=1S/C15H8ClNO/c16-10-5-3-9-4-6-13-14(12(9)8-10)11-2-1-7-17-15(11)18-13/h1-8H. The summed E-state index contributed by atoms with van der Waals surface area (Å²) in [5, 5.41) is 5.09. The van der Waals surface area contributed by atoms with Gasteiger partial charge >= 0.3 is 0 Å². The lowest BCUT2D eigenvalue weighted by molar-refractivity contribution is 0.654. The number of hydrogen-bond donors (Lipinski definition) is 0. The van der Waals surface area contributed by atoms with Crippen molar-refractivity contribution < 1.29 is 4.42 Å². The summed E-state index contributed by atoms with van der Waals surface area (Å²) in [7, 11) is 0. The third kappa shape index (κ3) is 1.27. The van der Waals surface area contributed by atoms with Crippen molar-refractivity contribution in [3.8, 4) is 0 Å². The maximum absolute atomic E-state index is 6.09. The maximum Gasteiger partial charge on any atom is 0.227 e. The fourth-order valence-electron chi connectivity index (χ4n) is 2.40. The van der Waals surface area contributed by atoms with Gasteiger partial charge in [0, 0.05) is 22.0 Å². The first-order valence-electron chi connectivity index (χ1n) is 5.68. The number of hydrogen-bond acceptors (Lipinski definition) is 2. The van der Waals surface area contributed by atoms with E-state index < -0.39 is 0 Å². The molecular weight excluding hydrogens is 246 g/mol. The van der Waals surface area contributed by atoms with E-state index in [0.717, 1.165) is 32.2 Å². The predicted molar refractivity (Wildman–Crippen MR) is 74.0 cm³/mol. The fourth-order valence-corrected chi connectivity index (χ4v) is 2.57. The number of halogens is 1. The van der Waals surface area contributed by atoms with Crippen molar-refractivity contribution in [3.05, 3.63) is 53.7 Å². The number of benzene rings is 2. The Labute approximate surface area is 108 Å². The molecule has 0 spiro atoms. The quantitative estimate of drug-likeness (QED) is 0.450. The molecule has 0 unspecified atom stereocenters. The molecule has 0 fully saturated rings. The number of rotatable bonds is 0. The zero-order valence-corrected chi connectivity index (χ0v) is 10.1. The van der Waals surface area contributed by atoms with Gasteiger partial charge in [-0.25, -0.2) is 4.98 Å². The van der Waals surface area contributed by atoms with Gasteiger partial charge in [-0.2, -0.15) is 0 Å². The first-order valence-corrected chi connectivity index (χ1v) is 6.06. The van der Waals surface area contributed by atoms with Crippen molar-refractivity contribution in [1.82, 2.24) is 4.98 Å². The van der Waals surface area contributed by atoms with Gasteiger partial charge in [-0.1, -0.05) is 23.7 Å². The molecule has 2 aromatic heterocycles. The smallest absolute Gasteiger partial charge is 0.227 e. The molecule has 0 bridgehead atoms. The van der Waals surface area contributed by atoms with Crippen LogP contribution in [0, 0.1) is 0 Å². The molecule has 0 aliphatic rings. The van der Waals surface area contributed by atoms with E-state index in [4.69, 9.17) is 16.0 Å². The number of pyridine rings is 1. The minimum absolute atomic E-state index is 0.667. The first kappa shape index (κ1) is 9.92. The zero-order chi connectivity index (χ0) is 12.1. The average molecular weight is 254 g/mol. The van der Waals surface area contributed by atoms with Crippen LogP contribution in [0.1, 0.15) is 0 Å². The van der Waals surface area contributed by atoms with Gasteiger partial charge in [0.15, 0.2) is 0 Å². The molecule has 2 nitrogen and oxygen atoms in total. The second-order valence-corrected chi connectivity index (χ2v) is 4.70. The van der Waals surface area contributed by atoms with E-state index in [2.05, 4.69) is 4.98 Å². The predicted octanol–water partition coefficient (Wildman–Crippen LogP) is 4.79. The highest BCUT2D eigenvalue weighted by Crippen LogP contribution is 2.34. The molecule has 0 aliphatic heterocycles. The van der Waals surface area contributed by atoms with E-state index >= 15 is 0 Å². The maximum atomic E-state index is 6.09. The summed E-state index contributed by atoms with van der Waals surface area (Å²) in [6, 6.07) is 13.8. The summed E-state index contributed by atoms with van der Waals surface area (Å²) >= 11 is 6.09. The molecule has 2 aromatic carbocycles. The normalized spacial score (nSPS) is 11.6. The topological polar surface area (TPSA) is 26.0 Å². The Balaban J connectivity index is 2.35. The second kappa shape index (κ2) is 3.47. The van der Waals surface area contributed by atoms with Crippen LogP contribution >= 0.6 is 11.6 Å². The van der Waals surface area contributed by atoms with Crippen LogP contribution in [0.5, 0.6) is 0 Å². The van der Waals surface area contributed by atoms with Gasteiger partial charge in [0.2, 0.25) is 5.71 Å². The summed E-state index contributed by atoms with van der Waals surface area (Å²) in [5.41, 5.74) is 1.51. The highest BCUT2D eigenvalue weighted by atomic mass is 35.5. The zero-order valence-electron chi connectivity index (χ0n) is 9.35. The van der Waals surface area contributed by atoms with E-state index in [0.29, 0.717) is 5.71 Å². The molecule has 0 radical (unpaired) electrons. The summed E-state index contributed by atoms with van der Waals surface area (Å²) < 4.78 is 5.75. The lowest BCUT2D eigenvalue weighted by Crippen LogP contribution is -1.75. The molecule has 4 aromatic rings. The van der Waals surface area contributed by atoms with Crippen molar-refractivity contribution in [2.45, 2.75) is 0 Å². The lowest BCUT2D eigenvalue weighted by Gasteiger charge is -1.99. The van der Waals surface area contributed by atoms with Gasteiger partial charge in [-0.15, -0.1) is 0 Å². The van der Waals surface area contributed by atoms with Crippen molar-refractivity contribution in [2.24, 2.45) is 0 Å². The van der Waals surface area contributed by atoms with E-state index in [1.54, 1.807) is 6.20 Å². The highest BCUT2D eigenvalue weighted by molar-refractivity contribution is 6.32. The summed E-state index contributed by atoms with van der Waals surface area (Å²) in [4.78, 5) is 4.25. The number of furan rings is 1. The monoisotopic (exact) mass is 253 g/mol. The molecule has 0 aliphatic carbocycles. The van der Waals surface area contributed by atoms with Gasteiger partial charge in [-0.3, -0.25) is 0 Å². The Hall–Kier alpha value is -2.06. The second-order valence-electron chi connectivity index (χ2n) is 4.26. The molecule has 0 saturated carbocycles. The van der Waals surface area contributed by atoms with Crippen LogP contribution in [0.4, 0.5) is 0 Å². The minimum Gasteiger partial charge on any atom is -0.438 e. The van der Waals surface area contributed by atoms with Gasteiger partial charge in [0.05, 0.1) is 0 Å². The van der Waals surface area contributed by atoms with Crippen LogP contribution in [0.25, 0.3) is 32.8 Å².